The van der Waals surface area contributed by atoms with E-state index in [1.165, 1.54) is 17.5 Å². The third kappa shape index (κ3) is 3.37. The summed E-state index contributed by atoms with van der Waals surface area (Å²) in [4.78, 5) is 12.3. The van der Waals surface area contributed by atoms with Crippen molar-refractivity contribution in [2.45, 2.75) is 32.4 Å². The molecule has 1 amide bonds. The molecule has 0 bridgehead atoms. The second-order valence-electron chi connectivity index (χ2n) is 5.77. The number of benzene rings is 2. The largest absolute Gasteiger partial charge is 0.380 e. The second kappa shape index (κ2) is 6.75. The van der Waals surface area contributed by atoms with Gasteiger partial charge in [0.2, 0.25) is 0 Å². The van der Waals surface area contributed by atoms with Crippen LogP contribution in [-0.4, -0.2) is 13.0 Å². The van der Waals surface area contributed by atoms with Crippen LogP contribution < -0.4 is 5.32 Å². The van der Waals surface area contributed by atoms with Crippen molar-refractivity contribution in [3.8, 4) is 0 Å². The lowest BCUT2D eigenvalue weighted by atomic mass is 10.1. The zero-order valence-corrected chi connectivity index (χ0v) is 12.9. The van der Waals surface area contributed by atoms with Crippen molar-refractivity contribution < 1.29 is 9.53 Å². The predicted molar refractivity (Wildman–Crippen MR) is 86.8 cm³/mol. The van der Waals surface area contributed by atoms with Crippen LogP contribution in [0.5, 0.6) is 0 Å². The van der Waals surface area contributed by atoms with E-state index in [2.05, 4.69) is 17.4 Å². The van der Waals surface area contributed by atoms with Crippen LogP contribution in [0.15, 0.2) is 42.5 Å². The first-order chi connectivity index (χ1) is 10.8. The van der Waals surface area contributed by atoms with Crippen molar-refractivity contribution in [1.82, 2.24) is 5.32 Å². The quantitative estimate of drug-likeness (QED) is 0.919. The number of carbonyl (C=O) groups is 1. The second-order valence-corrected chi connectivity index (χ2v) is 5.77. The van der Waals surface area contributed by atoms with Crippen LogP contribution in [-0.2, 0) is 30.7 Å². The van der Waals surface area contributed by atoms with Crippen molar-refractivity contribution in [3.05, 3.63) is 70.3 Å². The fraction of sp³-hybridized carbons (Fsp3) is 0.316. The van der Waals surface area contributed by atoms with Gasteiger partial charge in [-0.3, -0.25) is 4.79 Å². The Kier molecular flexibility index (Phi) is 4.54. The van der Waals surface area contributed by atoms with Gasteiger partial charge in [0.15, 0.2) is 0 Å². The molecule has 1 aliphatic carbocycles. The average molecular weight is 295 g/mol. The van der Waals surface area contributed by atoms with Crippen LogP contribution in [0.1, 0.15) is 39.0 Å². The maximum atomic E-state index is 12.3. The summed E-state index contributed by atoms with van der Waals surface area (Å²) in [5.74, 6) is -0.00755. The molecule has 0 fully saturated rings. The minimum atomic E-state index is -0.00755. The number of hydrogen-bond acceptors (Lipinski definition) is 2. The molecule has 0 atom stereocenters. The van der Waals surface area contributed by atoms with E-state index in [0.717, 1.165) is 29.5 Å². The molecule has 0 unspecified atom stereocenters. The number of fused-ring (bicyclic) bond motifs is 1. The Hall–Kier alpha value is -2.13. The predicted octanol–water partition coefficient (Wildman–Crippen LogP) is 3.25. The number of amides is 1. The van der Waals surface area contributed by atoms with Crippen molar-refractivity contribution >= 4 is 5.91 Å². The van der Waals surface area contributed by atoms with E-state index in [1.54, 1.807) is 7.11 Å². The molecule has 0 heterocycles. The van der Waals surface area contributed by atoms with Crippen LogP contribution in [0.25, 0.3) is 0 Å². The monoisotopic (exact) mass is 295 g/mol. The first-order valence-corrected chi connectivity index (χ1v) is 7.73. The van der Waals surface area contributed by atoms with Gasteiger partial charge in [-0.25, -0.2) is 0 Å². The van der Waals surface area contributed by atoms with Gasteiger partial charge < -0.3 is 10.1 Å². The molecule has 0 aromatic heterocycles. The standard InChI is InChI=1S/C19H21NO2/c1-22-13-15-5-2-4-14(10-15)12-20-19(21)18-9-8-16-6-3-7-17(16)11-18/h2,4-5,8-11H,3,6-7,12-13H2,1H3,(H,20,21). The first-order valence-electron chi connectivity index (χ1n) is 7.73. The molecule has 0 spiro atoms. The van der Waals surface area contributed by atoms with Gasteiger partial charge in [0, 0.05) is 19.2 Å². The smallest absolute Gasteiger partial charge is 0.251 e. The fourth-order valence-corrected chi connectivity index (χ4v) is 2.99. The number of hydrogen-bond donors (Lipinski definition) is 1. The summed E-state index contributed by atoms with van der Waals surface area (Å²) in [6, 6.07) is 14.2. The fourth-order valence-electron chi connectivity index (χ4n) is 2.99. The third-order valence-corrected chi connectivity index (χ3v) is 4.12. The Morgan fingerprint density at radius 2 is 1.91 bits per heavy atom. The highest BCUT2D eigenvalue weighted by atomic mass is 16.5. The maximum absolute atomic E-state index is 12.3. The third-order valence-electron chi connectivity index (χ3n) is 4.12. The first kappa shape index (κ1) is 14.8. The van der Waals surface area contributed by atoms with E-state index in [1.807, 2.05) is 30.3 Å². The molecular weight excluding hydrogens is 274 g/mol. The van der Waals surface area contributed by atoms with Gasteiger partial charge in [0.1, 0.15) is 0 Å². The number of aryl methyl sites for hydroxylation is 2. The molecule has 0 radical (unpaired) electrons. The van der Waals surface area contributed by atoms with Gasteiger partial charge in [-0.05, 0) is 53.6 Å². The summed E-state index contributed by atoms with van der Waals surface area (Å²) in [6.07, 6.45) is 3.44. The van der Waals surface area contributed by atoms with Gasteiger partial charge in [0.25, 0.3) is 5.91 Å². The zero-order valence-electron chi connectivity index (χ0n) is 12.9. The van der Waals surface area contributed by atoms with Crippen LogP contribution in [0.3, 0.4) is 0 Å². The van der Waals surface area contributed by atoms with E-state index in [-0.39, 0.29) is 5.91 Å². The Bertz CT molecular complexity index is 679. The topological polar surface area (TPSA) is 38.3 Å². The molecule has 0 aliphatic heterocycles. The van der Waals surface area contributed by atoms with Crippen LogP contribution in [0, 0.1) is 0 Å². The Labute approximate surface area is 131 Å². The molecule has 1 N–H and O–H groups in total. The normalized spacial score (nSPS) is 13.0. The SMILES string of the molecule is COCc1cccc(CNC(=O)c2ccc3c(c2)CCC3)c1. The molecule has 1 aliphatic rings. The van der Waals surface area contributed by atoms with Crippen LogP contribution in [0.4, 0.5) is 0 Å². The molecule has 0 saturated heterocycles. The Morgan fingerprint density at radius 1 is 1.09 bits per heavy atom. The summed E-state index contributed by atoms with van der Waals surface area (Å²) in [6.45, 7) is 1.13. The summed E-state index contributed by atoms with van der Waals surface area (Å²) in [7, 11) is 1.68. The lowest BCUT2D eigenvalue weighted by Crippen LogP contribution is -2.23. The van der Waals surface area contributed by atoms with E-state index >= 15 is 0 Å². The minimum absolute atomic E-state index is 0.00755. The number of nitrogens with one attached hydrogen (secondary N) is 1. The van der Waals surface area contributed by atoms with Gasteiger partial charge in [-0.1, -0.05) is 30.3 Å². The number of carbonyl (C=O) groups excluding carboxylic acids is 1. The van der Waals surface area contributed by atoms with E-state index in [0.29, 0.717) is 13.2 Å². The van der Waals surface area contributed by atoms with Gasteiger partial charge in [0.05, 0.1) is 6.61 Å². The average Bonchev–Trinajstić information content (AvgIpc) is 3.01. The van der Waals surface area contributed by atoms with Crippen LogP contribution in [0.2, 0.25) is 0 Å². The zero-order chi connectivity index (χ0) is 15.4. The molecule has 114 valence electrons. The molecule has 2 aromatic carbocycles. The molecule has 3 nitrogen and oxygen atoms in total. The maximum Gasteiger partial charge on any atom is 0.251 e. The van der Waals surface area contributed by atoms with Crippen LogP contribution >= 0.6 is 0 Å². The highest BCUT2D eigenvalue weighted by Gasteiger charge is 2.13. The van der Waals surface area contributed by atoms with E-state index < -0.39 is 0 Å². The highest BCUT2D eigenvalue weighted by Crippen LogP contribution is 2.22. The van der Waals surface area contributed by atoms with Gasteiger partial charge in [-0.2, -0.15) is 0 Å². The number of methoxy groups -OCH3 is 1. The molecule has 0 saturated carbocycles. The number of ether oxygens (including phenoxy) is 1. The lowest BCUT2D eigenvalue weighted by molar-refractivity contribution is 0.0951. The Morgan fingerprint density at radius 3 is 2.77 bits per heavy atom. The summed E-state index contributed by atoms with van der Waals surface area (Å²) < 4.78 is 5.13. The van der Waals surface area contributed by atoms with Crippen molar-refractivity contribution in [2.24, 2.45) is 0 Å². The van der Waals surface area contributed by atoms with E-state index in [9.17, 15) is 4.79 Å². The molecule has 3 rings (SSSR count). The summed E-state index contributed by atoms with van der Waals surface area (Å²) in [5, 5.41) is 3.00. The van der Waals surface area contributed by atoms with Crippen molar-refractivity contribution in [1.29, 1.82) is 0 Å². The Balaban J connectivity index is 1.63. The van der Waals surface area contributed by atoms with Gasteiger partial charge >= 0.3 is 0 Å². The summed E-state index contributed by atoms with van der Waals surface area (Å²) >= 11 is 0. The van der Waals surface area contributed by atoms with Crippen molar-refractivity contribution in [2.75, 3.05) is 7.11 Å². The summed E-state index contributed by atoms with van der Waals surface area (Å²) in [5.41, 5.74) is 5.68. The minimum Gasteiger partial charge on any atom is -0.380 e. The van der Waals surface area contributed by atoms with E-state index in [4.69, 9.17) is 4.74 Å². The molecule has 22 heavy (non-hydrogen) atoms. The van der Waals surface area contributed by atoms with Crippen molar-refractivity contribution in [3.63, 3.8) is 0 Å². The van der Waals surface area contributed by atoms with Gasteiger partial charge in [-0.15, -0.1) is 0 Å². The number of rotatable bonds is 5. The molecular formula is C19H21NO2. The lowest BCUT2D eigenvalue weighted by Gasteiger charge is -2.08. The molecule has 3 heteroatoms. The molecule has 2 aromatic rings. The highest BCUT2D eigenvalue weighted by molar-refractivity contribution is 5.94.